The molecule has 4 amide bonds. The van der Waals surface area contributed by atoms with Crippen LogP contribution in [0.2, 0.25) is 0 Å². The van der Waals surface area contributed by atoms with Crippen LogP contribution in [0.5, 0.6) is 0 Å². The second-order valence-electron chi connectivity index (χ2n) is 3.08. The zero-order valence-corrected chi connectivity index (χ0v) is 7.78. The average Bonchev–Trinajstić information content (AvgIpc) is 2.09. The summed E-state index contributed by atoms with van der Waals surface area (Å²) in [6, 6.07) is -0.651. The molecule has 0 spiro atoms. The molecule has 1 heterocycles. The SMILES string of the molecule is NC(=O)NCCN1C(=O)CCCC1=O. The van der Waals surface area contributed by atoms with E-state index in [1.807, 2.05) is 0 Å². The minimum atomic E-state index is -0.651. The second kappa shape index (κ2) is 4.59. The standard InChI is InChI=1S/C8H13N3O3/c9-8(14)10-4-5-11-6(12)2-1-3-7(11)13/h1-5H2,(H3,9,10,14). The highest BCUT2D eigenvalue weighted by Crippen LogP contribution is 2.10. The van der Waals surface area contributed by atoms with Gasteiger partial charge in [-0.1, -0.05) is 0 Å². The lowest BCUT2D eigenvalue weighted by Crippen LogP contribution is -2.45. The third kappa shape index (κ3) is 2.72. The molecule has 78 valence electrons. The largest absolute Gasteiger partial charge is 0.352 e. The number of likely N-dealkylation sites (tertiary alicyclic amines) is 1. The minimum absolute atomic E-state index is 0.174. The molecule has 0 atom stereocenters. The van der Waals surface area contributed by atoms with Crippen LogP contribution in [0.3, 0.4) is 0 Å². The zero-order valence-electron chi connectivity index (χ0n) is 7.78. The van der Waals surface area contributed by atoms with E-state index >= 15 is 0 Å². The Hall–Kier alpha value is -1.59. The monoisotopic (exact) mass is 199 g/mol. The number of hydrogen-bond acceptors (Lipinski definition) is 3. The molecule has 0 radical (unpaired) electrons. The topological polar surface area (TPSA) is 92.5 Å². The number of amides is 4. The van der Waals surface area contributed by atoms with Crippen LogP contribution in [0.1, 0.15) is 19.3 Å². The van der Waals surface area contributed by atoms with Crippen molar-refractivity contribution >= 4 is 17.8 Å². The van der Waals surface area contributed by atoms with Crippen LogP contribution in [0.25, 0.3) is 0 Å². The Morgan fingerprint density at radius 2 is 1.93 bits per heavy atom. The summed E-state index contributed by atoms with van der Waals surface area (Å²) in [5.41, 5.74) is 4.84. The molecule has 0 unspecified atom stereocenters. The van der Waals surface area contributed by atoms with Crippen molar-refractivity contribution in [2.75, 3.05) is 13.1 Å². The van der Waals surface area contributed by atoms with Crippen LogP contribution >= 0.6 is 0 Å². The number of imide groups is 1. The molecular formula is C8H13N3O3. The van der Waals surface area contributed by atoms with Crippen molar-refractivity contribution in [2.45, 2.75) is 19.3 Å². The Labute approximate surface area is 81.4 Å². The van der Waals surface area contributed by atoms with E-state index in [0.717, 1.165) is 0 Å². The quantitative estimate of drug-likeness (QED) is 0.582. The van der Waals surface area contributed by atoms with Crippen molar-refractivity contribution in [3.05, 3.63) is 0 Å². The minimum Gasteiger partial charge on any atom is -0.352 e. The molecule has 1 fully saturated rings. The first kappa shape index (κ1) is 10.5. The third-order valence-electron chi connectivity index (χ3n) is 2.02. The van der Waals surface area contributed by atoms with Gasteiger partial charge < -0.3 is 11.1 Å². The first-order valence-corrected chi connectivity index (χ1v) is 4.48. The van der Waals surface area contributed by atoms with E-state index in [4.69, 9.17) is 5.73 Å². The summed E-state index contributed by atoms with van der Waals surface area (Å²) < 4.78 is 0. The normalized spacial score (nSPS) is 17.0. The molecule has 0 bridgehead atoms. The summed E-state index contributed by atoms with van der Waals surface area (Å²) >= 11 is 0. The lowest BCUT2D eigenvalue weighted by atomic mass is 10.1. The van der Waals surface area contributed by atoms with E-state index < -0.39 is 6.03 Å². The van der Waals surface area contributed by atoms with Gasteiger partial charge >= 0.3 is 6.03 Å². The molecular weight excluding hydrogens is 186 g/mol. The van der Waals surface area contributed by atoms with Crippen LogP contribution in [-0.4, -0.2) is 35.8 Å². The van der Waals surface area contributed by atoms with E-state index in [1.165, 1.54) is 4.90 Å². The molecule has 0 saturated carbocycles. The summed E-state index contributed by atoms with van der Waals surface area (Å²) in [5, 5.41) is 2.33. The summed E-state index contributed by atoms with van der Waals surface area (Å²) in [6.07, 6.45) is 1.43. The molecule has 0 aromatic heterocycles. The van der Waals surface area contributed by atoms with Gasteiger partial charge in [0.25, 0.3) is 0 Å². The maximum absolute atomic E-state index is 11.2. The summed E-state index contributed by atoms with van der Waals surface area (Å²) in [5.74, 6) is -0.347. The number of carbonyl (C=O) groups excluding carboxylic acids is 3. The maximum Gasteiger partial charge on any atom is 0.312 e. The molecule has 1 rings (SSSR count). The molecule has 1 saturated heterocycles. The first-order valence-electron chi connectivity index (χ1n) is 4.48. The van der Waals surface area contributed by atoms with E-state index in [2.05, 4.69) is 5.32 Å². The van der Waals surface area contributed by atoms with Crippen LogP contribution < -0.4 is 11.1 Å². The first-order chi connectivity index (χ1) is 6.61. The van der Waals surface area contributed by atoms with E-state index in [9.17, 15) is 14.4 Å². The summed E-state index contributed by atoms with van der Waals surface area (Å²) in [6.45, 7) is 0.424. The summed E-state index contributed by atoms with van der Waals surface area (Å²) in [7, 11) is 0. The van der Waals surface area contributed by atoms with Crippen molar-refractivity contribution in [3.8, 4) is 0 Å². The Balaban J connectivity index is 2.37. The number of hydrogen-bond donors (Lipinski definition) is 2. The predicted octanol–water partition coefficient (Wildman–Crippen LogP) is -0.806. The van der Waals surface area contributed by atoms with Gasteiger partial charge in [0.15, 0.2) is 0 Å². The smallest absolute Gasteiger partial charge is 0.312 e. The van der Waals surface area contributed by atoms with Crippen molar-refractivity contribution < 1.29 is 14.4 Å². The van der Waals surface area contributed by atoms with Crippen molar-refractivity contribution in [2.24, 2.45) is 5.73 Å². The van der Waals surface area contributed by atoms with E-state index in [0.29, 0.717) is 19.3 Å². The van der Waals surface area contributed by atoms with Gasteiger partial charge in [0.05, 0.1) is 0 Å². The van der Waals surface area contributed by atoms with Gasteiger partial charge in [-0.2, -0.15) is 0 Å². The van der Waals surface area contributed by atoms with Gasteiger partial charge in [-0.3, -0.25) is 14.5 Å². The lowest BCUT2D eigenvalue weighted by molar-refractivity contribution is -0.147. The molecule has 14 heavy (non-hydrogen) atoms. The predicted molar refractivity (Wildman–Crippen MR) is 48.2 cm³/mol. The second-order valence-corrected chi connectivity index (χ2v) is 3.08. The van der Waals surface area contributed by atoms with Crippen molar-refractivity contribution in [1.29, 1.82) is 0 Å². The van der Waals surface area contributed by atoms with Gasteiger partial charge in [-0.15, -0.1) is 0 Å². The number of urea groups is 1. The Morgan fingerprint density at radius 3 is 2.43 bits per heavy atom. The molecule has 6 nitrogen and oxygen atoms in total. The highest BCUT2D eigenvalue weighted by atomic mass is 16.2. The number of primary amides is 1. The van der Waals surface area contributed by atoms with Crippen LogP contribution in [0.15, 0.2) is 0 Å². The molecule has 6 heteroatoms. The number of rotatable bonds is 3. The third-order valence-corrected chi connectivity index (χ3v) is 2.02. The lowest BCUT2D eigenvalue weighted by Gasteiger charge is -2.24. The fraction of sp³-hybridized carbons (Fsp3) is 0.625. The fourth-order valence-corrected chi connectivity index (χ4v) is 1.34. The van der Waals surface area contributed by atoms with E-state index in [1.54, 1.807) is 0 Å². The maximum atomic E-state index is 11.2. The Morgan fingerprint density at radius 1 is 1.36 bits per heavy atom. The highest BCUT2D eigenvalue weighted by molar-refractivity contribution is 5.97. The van der Waals surface area contributed by atoms with Gasteiger partial charge in [-0.25, -0.2) is 4.79 Å². The van der Waals surface area contributed by atoms with E-state index in [-0.39, 0.29) is 24.9 Å². The van der Waals surface area contributed by atoms with Gasteiger partial charge in [0, 0.05) is 25.9 Å². The van der Waals surface area contributed by atoms with Crippen LogP contribution in [0.4, 0.5) is 4.79 Å². The Kier molecular flexibility index (Phi) is 3.44. The van der Waals surface area contributed by atoms with Gasteiger partial charge in [-0.05, 0) is 6.42 Å². The van der Waals surface area contributed by atoms with Crippen molar-refractivity contribution in [1.82, 2.24) is 10.2 Å². The zero-order chi connectivity index (χ0) is 10.6. The van der Waals surface area contributed by atoms with Crippen molar-refractivity contribution in [3.63, 3.8) is 0 Å². The van der Waals surface area contributed by atoms with Crippen LogP contribution in [-0.2, 0) is 9.59 Å². The average molecular weight is 199 g/mol. The number of nitrogens with zero attached hydrogens (tertiary/aromatic N) is 1. The van der Waals surface area contributed by atoms with Gasteiger partial charge in [0.2, 0.25) is 11.8 Å². The molecule has 0 aromatic carbocycles. The van der Waals surface area contributed by atoms with Gasteiger partial charge in [0.1, 0.15) is 0 Å². The molecule has 0 aromatic rings. The summed E-state index contributed by atoms with van der Waals surface area (Å²) in [4.78, 5) is 34.0. The highest BCUT2D eigenvalue weighted by Gasteiger charge is 2.24. The molecule has 1 aliphatic heterocycles. The molecule has 0 aliphatic carbocycles. The number of carbonyl (C=O) groups is 3. The number of piperidine rings is 1. The number of nitrogens with two attached hydrogens (primary N) is 1. The molecule has 1 aliphatic rings. The number of nitrogens with one attached hydrogen (secondary N) is 1. The fourth-order valence-electron chi connectivity index (χ4n) is 1.34. The molecule has 3 N–H and O–H groups in total. The Bertz CT molecular complexity index is 249. The van der Waals surface area contributed by atoms with Crippen LogP contribution in [0, 0.1) is 0 Å².